The fourth-order valence-corrected chi connectivity index (χ4v) is 1.36. The van der Waals surface area contributed by atoms with Crippen molar-refractivity contribution in [1.82, 2.24) is 0 Å². The molecule has 0 aliphatic heterocycles. The second-order valence-electron chi connectivity index (χ2n) is 2.98. The van der Waals surface area contributed by atoms with Gasteiger partial charge in [-0.25, -0.2) is 0 Å². The van der Waals surface area contributed by atoms with Crippen molar-refractivity contribution in [1.29, 1.82) is 5.26 Å². The van der Waals surface area contributed by atoms with Crippen LogP contribution >= 0.6 is 28.3 Å². The van der Waals surface area contributed by atoms with Crippen LogP contribution in [0.1, 0.15) is 23.6 Å². The lowest BCUT2D eigenvalue weighted by atomic mass is 10.0. The molecule has 1 unspecified atom stereocenters. The van der Waals surface area contributed by atoms with Gasteiger partial charge in [0.2, 0.25) is 0 Å². The molecule has 14 heavy (non-hydrogen) atoms. The van der Waals surface area contributed by atoms with E-state index >= 15 is 0 Å². The van der Waals surface area contributed by atoms with Crippen molar-refractivity contribution in [2.24, 2.45) is 5.73 Å². The topological polar surface area (TPSA) is 49.8 Å². The summed E-state index contributed by atoms with van der Waals surface area (Å²) in [7, 11) is 0. The molecule has 1 rings (SSSR count). The molecule has 0 spiro atoms. The van der Waals surface area contributed by atoms with E-state index in [4.69, 9.17) is 11.0 Å². The lowest BCUT2D eigenvalue weighted by Gasteiger charge is -2.09. The Morgan fingerprint density at radius 1 is 1.57 bits per heavy atom. The minimum absolute atomic E-state index is 0. The molecule has 0 bridgehead atoms. The van der Waals surface area contributed by atoms with E-state index in [2.05, 4.69) is 22.0 Å². The van der Waals surface area contributed by atoms with E-state index in [-0.39, 0.29) is 18.4 Å². The van der Waals surface area contributed by atoms with Crippen molar-refractivity contribution in [2.45, 2.75) is 19.4 Å². The number of halogens is 2. The first-order valence-electron chi connectivity index (χ1n) is 4.03. The van der Waals surface area contributed by atoms with Gasteiger partial charge in [0.25, 0.3) is 0 Å². The number of nitrogens with zero attached hydrogens (tertiary/aromatic N) is 1. The van der Waals surface area contributed by atoms with Crippen molar-refractivity contribution in [3.8, 4) is 6.07 Å². The Hall–Kier alpha value is -0.560. The highest BCUT2D eigenvalue weighted by atomic mass is 79.9. The van der Waals surface area contributed by atoms with Gasteiger partial charge in [0.15, 0.2) is 0 Å². The lowest BCUT2D eigenvalue weighted by Crippen LogP contribution is -2.09. The van der Waals surface area contributed by atoms with Crippen LogP contribution in [0.25, 0.3) is 0 Å². The van der Waals surface area contributed by atoms with Crippen LogP contribution in [0.15, 0.2) is 22.7 Å². The number of nitriles is 1. The van der Waals surface area contributed by atoms with E-state index in [0.717, 1.165) is 15.6 Å². The molecule has 1 aromatic carbocycles. The molecule has 1 atom stereocenters. The highest BCUT2D eigenvalue weighted by molar-refractivity contribution is 9.10. The molecule has 0 fully saturated rings. The Labute approximate surface area is 98.6 Å². The van der Waals surface area contributed by atoms with Crippen LogP contribution in [0.2, 0.25) is 0 Å². The zero-order valence-electron chi connectivity index (χ0n) is 7.83. The largest absolute Gasteiger partial charge is 0.323 e. The van der Waals surface area contributed by atoms with Gasteiger partial charge in [-0.15, -0.1) is 12.4 Å². The van der Waals surface area contributed by atoms with Gasteiger partial charge in [-0.1, -0.05) is 28.1 Å². The summed E-state index contributed by atoms with van der Waals surface area (Å²) in [5, 5.41) is 8.48. The number of rotatable bonds is 2. The Morgan fingerprint density at radius 3 is 2.71 bits per heavy atom. The van der Waals surface area contributed by atoms with Gasteiger partial charge < -0.3 is 5.73 Å². The van der Waals surface area contributed by atoms with Gasteiger partial charge in [-0.05, 0) is 24.1 Å². The molecule has 0 heterocycles. The Balaban J connectivity index is 0.00000169. The average molecular weight is 276 g/mol. The molecular formula is C10H12BrClN2. The van der Waals surface area contributed by atoms with E-state index in [1.807, 2.05) is 25.1 Å². The molecule has 0 aliphatic carbocycles. The van der Waals surface area contributed by atoms with Gasteiger partial charge in [0, 0.05) is 10.5 Å². The van der Waals surface area contributed by atoms with Gasteiger partial charge in [-0.2, -0.15) is 5.26 Å². The highest BCUT2D eigenvalue weighted by Crippen LogP contribution is 2.21. The van der Waals surface area contributed by atoms with Gasteiger partial charge in [-0.3, -0.25) is 0 Å². The average Bonchev–Trinajstić information content (AvgIpc) is 2.10. The Kier molecular flexibility index (Phi) is 5.78. The molecule has 76 valence electrons. The van der Waals surface area contributed by atoms with Gasteiger partial charge >= 0.3 is 0 Å². The van der Waals surface area contributed by atoms with Crippen molar-refractivity contribution in [3.05, 3.63) is 33.8 Å². The number of hydrogen-bond donors (Lipinski definition) is 1. The maximum absolute atomic E-state index is 8.48. The first kappa shape index (κ1) is 13.4. The molecule has 0 radical (unpaired) electrons. The van der Waals surface area contributed by atoms with Crippen LogP contribution in [-0.4, -0.2) is 0 Å². The Bertz CT molecular complexity index is 346. The van der Waals surface area contributed by atoms with E-state index in [1.165, 1.54) is 0 Å². The van der Waals surface area contributed by atoms with Crippen LogP contribution in [0, 0.1) is 18.3 Å². The predicted octanol–water partition coefficient (Wildman–Crippen LogP) is 3.09. The minimum atomic E-state index is -0.170. The zero-order chi connectivity index (χ0) is 9.84. The first-order valence-corrected chi connectivity index (χ1v) is 4.83. The molecule has 2 nitrogen and oxygen atoms in total. The quantitative estimate of drug-likeness (QED) is 0.901. The molecule has 0 saturated carbocycles. The van der Waals surface area contributed by atoms with Crippen LogP contribution in [-0.2, 0) is 0 Å². The summed E-state index contributed by atoms with van der Waals surface area (Å²) in [5.74, 6) is 0. The summed E-state index contributed by atoms with van der Waals surface area (Å²) in [5.41, 5.74) is 7.95. The number of nitrogens with two attached hydrogens (primary N) is 1. The lowest BCUT2D eigenvalue weighted by molar-refractivity contribution is 0.747. The highest BCUT2D eigenvalue weighted by Gasteiger charge is 2.05. The first-order chi connectivity index (χ1) is 6.15. The van der Waals surface area contributed by atoms with Crippen LogP contribution < -0.4 is 5.73 Å². The number of benzene rings is 1. The molecule has 0 saturated heterocycles. The van der Waals surface area contributed by atoms with Crippen LogP contribution in [0.5, 0.6) is 0 Å². The van der Waals surface area contributed by atoms with E-state index < -0.39 is 0 Å². The third-order valence-corrected chi connectivity index (χ3v) is 2.81. The summed E-state index contributed by atoms with van der Waals surface area (Å²) >= 11 is 3.41. The molecule has 4 heteroatoms. The monoisotopic (exact) mass is 274 g/mol. The maximum atomic E-state index is 8.48. The fourth-order valence-electron chi connectivity index (χ4n) is 1.11. The van der Waals surface area contributed by atoms with Crippen molar-refractivity contribution in [2.75, 3.05) is 0 Å². The van der Waals surface area contributed by atoms with Gasteiger partial charge in [0.05, 0.1) is 12.5 Å². The normalized spacial score (nSPS) is 11.3. The van der Waals surface area contributed by atoms with Crippen LogP contribution in [0.4, 0.5) is 0 Å². The number of aryl methyl sites for hydroxylation is 1. The summed E-state index contributed by atoms with van der Waals surface area (Å²) in [6.07, 6.45) is 0.362. The predicted molar refractivity (Wildman–Crippen MR) is 63.3 cm³/mol. The second kappa shape index (κ2) is 6.02. The molecule has 2 N–H and O–H groups in total. The molecule has 0 aliphatic rings. The van der Waals surface area contributed by atoms with E-state index in [0.29, 0.717) is 6.42 Å². The third-order valence-electron chi connectivity index (χ3n) is 1.92. The smallest absolute Gasteiger partial charge is 0.0641 e. The SMILES string of the molecule is Cc1cc(C(N)CC#N)ccc1Br.Cl. The summed E-state index contributed by atoms with van der Waals surface area (Å²) in [6, 6.07) is 7.80. The summed E-state index contributed by atoms with van der Waals surface area (Å²) in [6.45, 7) is 2.01. The molecule has 0 aromatic heterocycles. The molecule has 0 amide bonds. The van der Waals surface area contributed by atoms with Gasteiger partial charge in [0.1, 0.15) is 0 Å². The standard InChI is InChI=1S/C10H11BrN2.ClH/c1-7-6-8(2-3-9(7)11)10(13)4-5-12;/h2-3,6,10H,4,13H2,1H3;1H. The zero-order valence-corrected chi connectivity index (χ0v) is 10.2. The van der Waals surface area contributed by atoms with Crippen LogP contribution in [0.3, 0.4) is 0 Å². The Morgan fingerprint density at radius 2 is 2.21 bits per heavy atom. The summed E-state index contributed by atoms with van der Waals surface area (Å²) < 4.78 is 1.07. The third kappa shape index (κ3) is 3.30. The maximum Gasteiger partial charge on any atom is 0.0641 e. The van der Waals surface area contributed by atoms with Crippen molar-refractivity contribution in [3.63, 3.8) is 0 Å². The molecular weight excluding hydrogens is 263 g/mol. The fraction of sp³-hybridized carbons (Fsp3) is 0.300. The van der Waals surface area contributed by atoms with Crippen molar-refractivity contribution < 1.29 is 0 Å². The minimum Gasteiger partial charge on any atom is -0.323 e. The summed E-state index contributed by atoms with van der Waals surface area (Å²) in [4.78, 5) is 0. The second-order valence-corrected chi connectivity index (χ2v) is 3.83. The van der Waals surface area contributed by atoms with E-state index in [1.54, 1.807) is 0 Å². The van der Waals surface area contributed by atoms with E-state index in [9.17, 15) is 0 Å². The number of hydrogen-bond acceptors (Lipinski definition) is 2. The van der Waals surface area contributed by atoms with Crippen molar-refractivity contribution >= 4 is 28.3 Å². The molecule has 1 aromatic rings.